The van der Waals surface area contributed by atoms with Crippen molar-refractivity contribution in [2.24, 2.45) is 11.8 Å². The average molecular weight is 333 g/mol. The van der Waals surface area contributed by atoms with Gasteiger partial charge in [-0.1, -0.05) is 26.0 Å². The van der Waals surface area contributed by atoms with Crippen LogP contribution in [-0.2, 0) is 10.3 Å². The van der Waals surface area contributed by atoms with Gasteiger partial charge in [0, 0.05) is 5.92 Å². The molecule has 1 aromatic rings. The Hall–Kier alpha value is -1.55. The fraction of sp³-hybridized carbons (Fsp3) is 0.650. The van der Waals surface area contributed by atoms with Crippen molar-refractivity contribution in [3.63, 3.8) is 0 Å². The molecule has 1 saturated carbocycles. The number of carbonyl (C=O) groups is 1. The summed E-state index contributed by atoms with van der Waals surface area (Å²) in [7, 11) is 0. The van der Waals surface area contributed by atoms with Crippen LogP contribution in [0.4, 0.5) is 0 Å². The number of aliphatic hydroxyl groups is 1. The average Bonchev–Trinajstić information content (AvgIpc) is 2.53. The zero-order chi connectivity index (χ0) is 17.7. The third-order valence-electron chi connectivity index (χ3n) is 4.66. The molecule has 4 nitrogen and oxygen atoms in total. The lowest BCUT2D eigenvalue weighted by molar-refractivity contribution is -0.128. The number of rotatable bonds is 6. The Morgan fingerprint density at radius 1 is 1.21 bits per heavy atom. The summed E-state index contributed by atoms with van der Waals surface area (Å²) in [5, 5.41) is 12.7. The molecule has 0 radical (unpaired) electrons. The molecule has 1 fully saturated rings. The standard InChI is InChI=1S/C20H31NO3/c1-14(2)13-24-18-11-7-16(8-12-18)20(3,4)21-19(23)15-5-9-17(22)10-6-15/h7-8,11-12,14-15,17,22H,5-6,9-10,13H2,1-4H3,(H,21,23). The molecule has 0 saturated heterocycles. The highest BCUT2D eigenvalue weighted by molar-refractivity contribution is 5.79. The van der Waals surface area contributed by atoms with Crippen molar-refractivity contribution >= 4 is 5.91 Å². The molecule has 134 valence electrons. The number of carbonyl (C=O) groups excluding carboxylic acids is 1. The van der Waals surface area contributed by atoms with E-state index in [0.29, 0.717) is 12.5 Å². The SMILES string of the molecule is CC(C)COc1ccc(C(C)(C)NC(=O)C2CCC(O)CC2)cc1. The molecule has 2 N–H and O–H groups in total. The lowest BCUT2D eigenvalue weighted by Crippen LogP contribution is -2.45. The largest absolute Gasteiger partial charge is 0.493 e. The van der Waals surface area contributed by atoms with E-state index in [9.17, 15) is 9.90 Å². The van der Waals surface area contributed by atoms with Gasteiger partial charge in [0.2, 0.25) is 5.91 Å². The Labute approximate surface area is 145 Å². The maximum Gasteiger partial charge on any atom is 0.223 e. The Balaban J connectivity index is 1.95. The Bertz CT molecular complexity index is 528. The maximum atomic E-state index is 12.5. The molecule has 0 bridgehead atoms. The summed E-state index contributed by atoms with van der Waals surface area (Å²) in [5.41, 5.74) is 0.632. The van der Waals surface area contributed by atoms with Crippen molar-refractivity contribution < 1.29 is 14.6 Å². The predicted molar refractivity (Wildman–Crippen MR) is 95.9 cm³/mol. The van der Waals surface area contributed by atoms with E-state index in [1.807, 2.05) is 38.1 Å². The third kappa shape index (κ3) is 5.23. The van der Waals surface area contributed by atoms with E-state index in [-0.39, 0.29) is 17.9 Å². The maximum absolute atomic E-state index is 12.5. The zero-order valence-electron chi connectivity index (χ0n) is 15.3. The van der Waals surface area contributed by atoms with Gasteiger partial charge in [-0.3, -0.25) is 4.79 Å². The van der Waals surface area contributed by atoms with E-state index in [1.54, 1.807) is 0 Å². The fourth-order valence-electron chi connectivity index (χ4n) is 3.05. The Morgan fingerprint density at radius 2 is 1.79 bits per heavy atom. The van der Waals surface area contributed by atoms with Gasteiger partial charge in [0.15, 0.2) is 0 Å². The normalized spacial score (nSPS) is 21.6. The first-order valence-electron chi connectivity index (χ1n) is 9.01. The van der Waals surface area contributed by atoms with Crippen LogP contribution in [0.25, 0.3) is 0 Å². The minimum absolute atomic E-state index is 0.0151. The lowest BCUT2D eigenvalue weighted by atomic mass is 9.85. The van der Waals surface area contributed by atoms with Crippen molar-refractivity contribution in [3.05, 3.63) is 29.8 Å². The highest BCUT2D eigenvalue weighted by Gasteiger charge is 2.30. The van der Waals surface area contributed by atoms with Crippen LogP contribution in [-0.4, -0.2) is 23.7 Å². The molecule has 1 aliphatic rings. The number of aliphatic hydroxyl groups excluding tert-OH is 1. The minimum Gasteiger partial charge on any atom is -0.493 e. The molecular weight excluding hydrogens is 302 g/mol. The summed E-state index contributed by atoms with van der Waals surface area (Å²) in [6.45, 7) is 8.99. The van der Waals surface area contributed by atoms with Gasteiger partial charge < -0.3 is 15.2 Å². The van der Waals surface area contributed by atoms with Crippen LogP contribution < -0.4 is 10.1 Å². The molecule has 0 unspecified atom stereocenters. The van der Waals surface area contributed by atoms with Crippen LogP contribution in [0.15, 0.2) is 24.3 Å². The summed E-state index contributed by atoms with van der Waals surface area (Å²) in [6, 6.07) is 7.95. The quantitative estimate of drug-likeness (QED) is 0.836. The smallest absolute Gasteiger partial charge is 0.223 e. The third-order valence-corrected chi connectivity index (χ3v) is 4.66. The van der Waals surface area contributed by atoms with Gasteiger partial charge in [0.1, 0.15) is 5.75 Å². The first-order valence-corrected chi connectivity index (χ1v) is 9.01. The molecule has 1 aliphatic carbocycles. The summed E-state index contributed by atoms with van der Waals surface area (Å²) >= 11 is 0. The predicted octanol–water partition coefficient (Wildman–Crippen LogP) is 3.62. The molecule has 0 heterocycles. The first kappa shape index (κ1) is 18.8. The van der Waals surface area contributed by atoms with Gasteiger partial charge in [-0.15, -0.1) is 0 Å². The Morgan fingerprint density at radius 3 is 2.33 bits per heavy atom. The molecule has 0 atom stereocenters. The van der Waals surface area contributed by atoms with Crippen LogP contribution in [0, 0.1) is 11.8 Å². The van der Waals surface area contributed by atoms with Crippen LogP contribution in [0.2, 0.25) is 0 Å². The van der Waals surface area contributed by atoms with Crippen molar-refractivity contribution in [1.29, 1.82) is 0 Å². The van der Waals surface area contributed by atoms with Crippen molar-refractivity contribution in [2.45, 2.75) is 65.0 Å². The second-order valence-electron chi connectivity index (χ2n) is 7.85. The minimum atomic E-state index is -0.427. The van der Waals surface area contributed by atoms with Gasteiger partial charge in [-0.2, -0.15) is 0 Å². The van der Waals surface area contributed by atoms with Gasteiger partial charge in [0.05, 0.1) is 18.2 Å². The van der Waals surface area contributed by atoms with Crippen molar-refractivity contribution in [3.8, 4) is 5.75 Å². The molecule has 1 aromatic carbocycles. The molecule has 2 rings (SSSR count). The molecule has 0 aromatic heterocycles. The first-order chi connectivity index (χ1) is 11.3. The molecule has 0 aliphatic heterocycles. The highest BCUT2D eigenvalue weighted by Crippen LogP contribution is 2.27. The summed E-state index contributed by atoms with van der Waals surface area (Å²) in [5.74, 6) is 1.46. The molecule has 1 amide bonds. The lowest BCUT2D eigenvalue weighted by Gasteiger charge is -2.31. The number of amides is 1. The molecule has 4 heteroatoms. The van der Waals surface area contributed by atoms with Gasteiger partial charge >= 0.3 is 0 Å². The van der Waals surface area contributed by atoms with Crippen LogP contribution in [0.5, 0.6) is 5.75 Å². The number of benzene rings is 1. The van der Waals surface area contributed by atoms with Crippen molar-refractivity contribution in [2.75, 3.05) is 6.61 Å². The monoisotopic (exact) mass is 333 g/mol. The van der Waals surface area contributed by atoms with Crippen LogP contribution in [0.1, 0.15) is 58.9 Å². The number of hydrogen-bond acceptors (Lipinski definition) is 3. The second kappa shape index (κ2) is 8.02. The van der Waals surface area contributed by atoms with Crippen molar-refractivity contribution in [1.82, 2.24) is 5.32 Å². The summed E-state index contributed by atoms with van der Waals surface area (Å²) < 4.78 is 5.71. The van der Waals surface area contributed by atoms with Gasteiger partial charge in [-0.25, -0.2) is 0 Å². The van der Waals surface area contributed by atoms with Gasteiger partial charge in [-0.05, 0) is 63.1 Å². The van der Waals surface area contributed by atoms with Gasteiger partial charge in [0.25, 0.3) is 0 Å². The molecule has 0 spiro atoms. The van der Waals surface area contributed by atoms with E-state index in [4.69, 9.17) is 4.74 Å². The number of nitrogens with one attached hydrogen (secondary N) is 1. The van der Waals surface area contributed by atoms with E-state index < -0.39 is 5.54 Å². The highest BCUT2D eigenvalue weighted by atomic mass is 16.5. The van der Waals surface area contributed by atoms with Crippen LogP contribution in [0.3, 0.4) is 0 Å². The van der Waals surface area contributed by atoms with E-state index in [2.05, 4.69) is 19.2 Å². The summed E-state index contributed by atoms with van der Waals surface area (Å²) in [4.78, 5) is 12.5. The van der Waals surface area contributed by atoms with Crippen LogP contribution >= 0.6 is 0 Å². The topological polar surface area (TPSA) is 58.6 Å². The van der Waals surface area contributed by atoms with E-state index >= 15 is 0 Å². The zero-order valence-corrected chi connectivity index (χ0v) is 15.3. The number of hydrogen-bond donors (Lipinski definition) is 2. The molecule has 24 heavy (non-hydrogen) atoms. The van der Waals surface area contributed by atoms with E-state index in [0.717, 1.165) is 37.0 Å². The number of ether oxygens (including phenoxy) is 1. The van der Waals surface area contributed by atoms with E-state index in [1.165, 1.54) is 0 Å². The summed E-state index contributed by atoms with van der Waals surface area (Å²) in [6.07, 6.45) is 2.75. The Kier molecular flexibility index (Phi) is 6.27. The second-order valence-corrected chi connectivity index (χ2v) is 7.85. The fourth-order valence-corrected chi connectivity index (χ4v) is 3.05. The molecular formula is C20H31NO3.